The van der Waals surface area contributed by atoms with Crippen LogP contribution in [0, 0.1) is 10.8 Å². The van der Waals surface area contributed by atoms with E-state index in [-0.39, 0.29) is 6.61 Å². The highest BCUT2D eigenvalue weighted by atomic mass is 32.2. The summed E-state index contributed by atoms with van der Waals surface area (Å²) in [7, 11) is 0. The van der Waals surface area contributed by atoms with Gasteiger partial charge in [0.25, 0.3) is 0 Å². The van der Waals surface area contributed by atoms with Gasteiger partial charge in [-0.25, -0.2) is 0 Å². The lowest BCUT2D eigenvalue weighted by molar-refractivity contribution is -0.322. The van der Waals surface area contributed by atoms with Crippen molar-refractivity contribution < 1.29 is 33.3 Å². The number of thioether (sulfide) groups is 1. The second kappa shape index (κ2) is 9.71. The van der Waals surface area contributed by atoms with E-state index < -0.39 is 58.9 Å². The highest BCUT2D eigenvalue weighted by molar-refractivity contribution is 7.99. The molecule has 1 aromatic rings. The van der Waals surface area contributed by atoms with Crippen molar-refractivity contribution in [2.75, 3.05) is 12.9 Å². The normalized spacial score (nSPS) is 30.8. The van der Waals surface area contributed by atoms with Crippen LogP contribution < -0.4 is 0 Å². The first-order valence-corrected chi connectivity index (χ1v) is 12.1. The van der Waals surface area contributed by atoms with Gasteiger partial charge in [-0.1, -0.05) is 30.3 Å². The van der Waals surface area contributed by atoms with Crippen LogP contribution in [0.4, 0.5) is 0 Å². The Balaban J connectivity index is 1.93. The van der Waals surface area contributed by atoms with Gasteiger partial charge in [0, 0.05) is 5.56 Å². The first-order valence-electron chi connectivity index (χ1n) is 10.8. The molecule has 2 aliphatic heterocycles. The van der Waals surface area contributed by atoms with Crippen molar-refractivity contribution in [2.45, 2.75) is 77.7 Å². The summed E-state index contributed by atoms with van der Waals surface area (Å²) in [5, 5.41) is 0. The molecule has 2 saturated heterocycles. The molecule has 0 bridgehead atoms. The van der Waals surface area contributed by atoms with E-state index in [0.717, 1.165) is 5.56 Å². The molecule has 0 aliphatic carbocycles. The summed E-state index contributed by atoms with van der Waals surface area (Å²) in [6.07, 6.45) is -1.54. The Hall–Kier alpha value is -1.61. The van der Waals surface area contributed by atoms with Gasteiger partial charge in [-0.2, -0.15) is 0 Å². The van der Waals surface area contributed by atoms with Crippen LogP contribution in [-0.4, -0.2) is 54.7 Å². The molecule has 32 heavy (non-hydrogen) atoms. The first-order chi connectivity index (χ1) is 14.9. The Morgan fingerprint density at radius 2 is 1.47 bits per heavy atom. The summed E-state index contributed by atoms with van der Waals surface area (Å²) in [6, 6.07) is 9.54. The largest absolute Gasteiger partial charge is 0.455 e. The molecule has 0 radical (unpaired) electrons. The predicted molar refractivity (Wildman–Crippen MR) is 121 cm³/mol. The van der Waals surface area contributed by atoms with Crippen LogP contribution >= 0.6 is 11.8 Å². The van der Waals surface area contributed by atoms with E-state index in [2.05, 4.69) is 0 Å². The number of hydrogen-bond donors (Lipinski definition) is 0. The Morgan fingerprint density at radius 1 is 0.906 bits per heavy atom. The van der Waals surface area contributed by atoms with E-state index in [1.165, 1.54) is 11.8 Å². The molecule has 0 N–H and O–H groups in total. The van der Waals surface area contributed by atoms with Crippen LogP contribution in [0.3, 0.4) is 0 Å². The number of ether oxygens (including phenoxy) is 5. The predicted octanol–water partition coefficient (Wildman–Crippen LogP) is 4.10. The molecule has 0 saturated carbocycles. The number of esters is 2. The number of benzene rings is 1. The minimum atomic E-state index is -0.834. The van der Waals surface area contributed by atoms with Gasteiger partial charge in [0.15, 0.2) is 18.5 Å². The van der Waals surface area contributed by atoms with E-state index in [1.54, 1.807) is 41.5 Å². The van der Waals surface area contributed by atoms with Crippen LogP contribution in [0.1, 0.15) is 53.4 Å². The maximum absolute atomic E-state index is 12.9. The number of rotatable bonds is 4. The van der Waals surface area contributed by atoms with E-state index in [9.17, 15) is 9.59 Å². The van der Waals surface area contributed by atoms with Crippen LogP contribution in [0.5, 0.6) is 0 Å². The lowest BCUT2D eigenvalue weighted by Crippen LogP contribution is -2.63. The maximum atomic E-state index is 12.9. The van der Waals surface area contributed by atoms with Crippen LogP contribution in [0.25, 0.3) is 0 Å². The zero-order valence-corrected chi connectivity index (χ0v) is 20.6. The van der Waals surface area contributed by atoms with Crippen molar-refractivity contribution in [3.63, 3.8) is 0 Å². The molecule has 178 valence electrons. The summed E-state index contributed by atoms with van der Waals surface area (Å²) < 4.78 is 30.2. The molecule has 1 aromatic carbocycles. The van der Waals surface area contributed by atoms with E-state index in [4.69, 9.17) is 23.7 Å². The van der Waals surface area contributed by atoms with Gasteiger partial charge in [0.05, 0.1) is 17.4 Å². The van der Waals surface area contributed by atoms with Gasteiger partial charge < -0.3 is 23.7 Å². The molecule has 6 atom stereocenters. The van der Waals surface area contributed by atoms with Crippen molar-refractivity contribution in [2.24, 2.45) is 10.8 Å². The summed E-state index contributed by atoms with van der Waals surface area (Å²) >= 11 is 1.40. The van der Waals surface area contributed by atoms with Gasteiger partial charge in [0.2, 0.25) is 0 Å². The van der Waals surface area contributed by atoms with Crippen molar-refractivity contribution in [3.05, 3.63) is 35.9 Å². The van der Waals surface area contributed by atoms with Crippen molar-refractivity contribution >= 4 is 23.7 Å². The zero-order chi connectivity index (χ0) is 23.7. The Kier molecular flexibility index (Phi) is 7.59. The van der Waals surface area contributed by atoms with E-state index in [0.29, 0.717) is 0 Å². The molecule has 2 heterocycles. The molecule has 0 spiro atoms. The second-order valence-corrected chi connectivity index (χ2v) is 11.1. The molecule has 0 amide bonds. The SMILES string of the molecule is CS[C@@H]1O[C@@H]2CO[C@H](c3ccccc3)O[C@@H]2[C@H](OC(=O)C(C)(C)C)[C@H]1OC(=O)C(C)(C)C. The number of fused-ring (bicyclic) bond motifs is 1. The molecule has 3 rings (SSSR count). The van der Waals surface area contributed by atoms with Crippen LogP contribution in [-0.2, 0) is 33.3 Å². The Labute approximate surface area is 194 Å². The third-order valence-corrected chi connectivity index (χ3v) is 6.14. The lowest BCUT2D eigenvalue weighted by Gasteiger charge is -2.48. The lowest BCUT2D eigenvalue weighted by atomic mass is 9.94. The first kappa shape index (κ1) is 25.0. The summed E-state index contributed by atoms with van der Waals surface area (Å²) in [4.78, 5) is 25.7. The maximum Gasteiger partial charge on any atom is 0.311 e. The van der Waals surface area contributed by atoms with Gasteiger partial charge in [-0.05, 0) is 47.8 Å². The molecule has 0 unspecified atom stereocenters. The Bertz CT molecular complexity index is 799. The fourth-order valence-corrected chi connectivity index (χ4v) is 4.11. The van der Waals surface area contributed by atoms with E-state index in [1.807, 2.05) is 36.6 Å². The topological polar surface area (TPSA) is 80.3 Å². The van der Waals surface area contributed by atoms with Gasteiger partial charge in [0.1, 0.15) is 17.6 Å². The smallest absolute Gasteiger partial charge is 0.311 e. The average Bonchev–Trinajstić information content (AvgIpc) is 2.73. The minimum absolute atomic E-state index is 0.269. The molecular formula is C24H34O7S. The highest BCUT2D eigenvalue weighted by Crippen LogP contribution is 2.40. The van der Waals surface area contributed by atoms with Crippen molar-refractivity contribution in [3.8, 4) is 0 Å². The number of carbonyl (C=O) groups is 2. The summed E-state index contributed by atoms with van der Waals surface area (Å²) in [5.74, 6) is -0.793. The fourth-order valence-electron chi connectivity index (χ4n) is 3.38. The number of carbonyl (C=O) groups excluding carboxylic acids is 2. The summed E-state index contributed by atoms with van der Waals surface area (Å²) in [6.45, 7) is 11.0. The molecule has 2 aliphatic rings. The second-order valence-electron chi connectivity index (χ2n) is 10.2. The minimum Gasteiger partial charge on any atom is -0.455 e. The van der Waals surface area contributed by atoms with Crippen LogP contribution in [0.15, 0.2) is 30.3 Å². The van der Waals surface area contributed by atoms with Gasteiger partial charge in [-0.3, -0.25) is 9.59 Å². The zero-order valence-electron chi connectivity index (χ0n) is 19.8. The third-order valence-electron chi connectivity index (χ3n) is 5.30. The molecular weight excluding hydrogens is 432 g/mol. The molecule has 2 fully saturated rings. The standard InChI is InChI=1S/C24H34O7S/c1-23(2,3)21(25)30-17-16-15(13-27-19(29-16)14-11-9-8-10-12-14)28-20(32-7)18(17)31-22(26)24(4,5)6/h8-12,15-20H,13H2,1-7H3/t15-,16+,17+,18-,19+,20+/m1/s1. The average molecular weight is 467 g/mol. The monoisotopic (exact) mass is 466 g/mol. The van der Waals surface area contributed by atoms with Crippen molar-refractivity contribution in [1.82, 2.24) is 0 Å². The van der Waals surface area contributed by atoms with E-state index >= 15 is 0 Å². The molecule has 7 nitrogen and oxygen atoms in total. The van der Waals surface area contributed by atoms with Crippen LogP contribution in [0.2, 0.25) is 0 Å². The highest BCUT2D eigenvalue weighted by Gasteiger charge is 2.54. The fraction of sp³-hybridized carbons (Fsp3) is 0.667. The summed E-state index contributed by atoms with van der Waals surface area (Å²) in [5.41, 5.74) is -1.13. The molecule has 8 heteroatoms. The van der Waals surface area contributed by atoms with Crippen molar-refractivity contribution in [1.29, 1.82) is 0 Å². The Morgan fingerprint density at radius 3 is 2.00 bits per heavy atom. The van der Waals surface area contributed by atoms with Gasteiger partial charge >= 0.3 is 11.9 Å². The number of hydrogen-bond acceptors (Lipinski definition) is 8. The quantitative estimate of drug-likeness (QED) is 0.614. The van der Waals surface area contributed by atoms with Gasteiger partial charge in [-0.15, -0.1) is 11.8 Å². The molecule has 0 aromatic heterocycles. The third kappa shape index (κ3) is 5.65.